The van der Waals surface area contributed by atoms with Crippen LogP contribution >= 0.6 is 0 Å². The highest BCUT2D eigenvalue weighted by Gasteiger charge is 2.17. The maximum absolute atomic E-state index is 13.7. The molecule has 2 aromatic rings. The number of aryl methyl sites for hydroxylation is 1. The number of aromatic nitrogens is 3. The first-order valence-electron chi connectivity index (χ1n) is 5.36. The van der Waals surface area contributed by atoms with Crippen LogP contribution in [0.4, 0.5) is 4.39 Å². The summed E-state index contributed by atoms with van der Waals surface area (Å²) in [6, 6.07) is 8.26. The topological polar surface area (TPSA) is 54.5 Å². The average molecular weight is 230 g/mol. The van der Waals surface area contributed by atoms with Crippen LogP contribution in [0, 0.1) is 17.1 Å². The van der Waals surface area contributed by atoms with Crippen molar-refractivity contribution < 1.29 is 4.39 Å². The minimum Gasteiger partial charge on any atom is -0.243 e. The van der Waals surface area contributed by atoms with Crippen LogP contribution in [0.5, 0.6) is 0 Å². The summed E-state index contributed by atoms with van der Waals surface area (Å²) in [6.45, 7) is 2.59. The summed E-state index contributed by atoms with van der Waals surface area (Å²) in [4.78, 5) is 0. The van der Waals surface area contributed by atoms with E-state index in [1.807, 2.05) is 13.0 Å². The van der Waals surface area contributed by atoms with Gasteiger partial charge in [-0.25, -0.2) is 9.07 Å². The van der Waals surface area contributed by atoms with E-state index in [2.05, 4.69) is 10.3 Å². The number of hydrogen-bond donors (Lipinski definition) is 0. The number of halogens is 1. The van der Waals surface area contributed by atoms with E-state index in [0.717, 1.165) is 6.42 Å². The van der Waals surface area contributed by atoms with E-state index >= 15 is 0 Å². The molecule has 5 heteroatoms. The fraction of sp³-hybridized carbons (Fsp3) is 0.250. The van der Waals surface area contributed by atoms with Crippen LogP contribution in [-0.4, -0.2) is 15.0 Å². The summed E-state index contributed by atoms with van der Waals surface area (Å²) < 4.78 is 15.3. The second kappa shape index (κ2) is 4.74. The zero-order valence-corrected chi connectivity index (χ0v) is 9.39. The predicted octanol–water partition coefficient (Wildman–Crippen LogP) is 2.37. The fourth-order valence-electron chi connectivity index (χ4n) is 1.68. The van der Waals surface area contributed by atoms with Crippen LogP contribution in [0.3, 0.4) is 0 Å². The van der Waals surface area contributed by atoms with Crippen LogP contribution in [0.25, 0.3) is 11.3 Å². The summed E-state index contributed by atoms with van der Waals surface area (Å²) in [6.07, 6.45) is 0.843. The monoisotopic (exact) mass is 230 g/mol. The Morgan fingerprint density at radius 3 is 2.82 bits per heavy atom. The molecule has 0 unspecified atom stereocenters. The summed E-state index contributed by atoms with van der Waals surface area (Å²) in [5.74, 6) is -0.372. The highest BCUT2D eigenvalue weighted by Crippen LogP contribution is 2.24. The number of benzene rings is 1. The van der Waals surface area contributed by atoms with Crippen molar-refractivity contribution in [3.8, 4) is 17.3 Å². The molecule has 1 aromatic heterocycles. The van der Waals surface area contributed by atoms with Crippen LogP contribution in [0.2, 0.25) is 0 Å². The van der Waals surface area contributed by atoms with Gasteiger partial charge in [-0.2, -0.15) is 5.26 Å². The molecule has 0 aliphatic rings. The normalized spacial score (nSPS) is 10.2. The van der Waals surface area contributed by atoms with Gasteiger partial charge in [0.25, 0.3) is 0 Å². The van der Waals surface area contributed by atoms with Crippen LogP contribution in [-0.2, 0) is 6.54 Å². The quantitative estimate of drug-likeness (QED) is 0.813. The molecule has 1 heterocycles. The van der Waals surface area contributed by atoms with Gasteiger partial charge in [-0.15, -0.1) is 5.10 Å². The van der Waals surface area contributed by atoms with Crippen molar-refractivity contribution in [3.63, 3.8) is 0 Å². The molecule has 0 aliphatic carbocycles. The number of hydrogen-bond acceptors (Lipinski definition) is 3. The van der Waals surface area contributed by atoms with Crippen LogP contribution in [0.1, 0.15) is 19.0 Å². The predicted molar refractivity (Wildman–Crippen MR) is 60.4 cm³/mol. The number of nitriles is 1. The van der Waals surface area contributed by atoms with E-state index < -0.39 is 0 Å². The van der Waals surface area contributed by atoms with Crippen LogP contribution in [0.15, 0.2) is 24.3 Å². The third kappa shape index (κ3) is 2.02. The third-order valence-corrected chi connectivity index (χ3v) is 2.41. The van der Waals surface area contributed by atoms with Crippen molar-refractivity contribution >= 4 is 0 Å². The van der Waals surface area contributed by atoms with Crippen molar-refractivity contribution in [2.24, 2.45) is 0 Å². The molecule has 4 nitrogen and oxygen atoms in total. The van der Waals surface area contributed by atoms with Gasteiger partial charge in [-0.05, 0) is 18.6 Å². The molecule has 86 valence electrons. The Kier molecular flexibility index (Phi) is 3.15. The first-order chi connectivity index (χ1) is 8.27. The molecule has 0 saturated heterocycles. The molecule has 0 spiro atoms. The van der Waals surface area contributed by atoms with E-state index in [4.69, 9.17) is 5.26 Å². The third-order valence-electron chi connectivity index (χ3n) is 2.41. The standard InChI is InChI=1S/C12H11FN4/c1-2-7-17-12(11(8-14)15-16-17)9-5-3-4-6-10(9)13/h3-6H,2,7H2,1H3. The van der Waals surface area contributed by atoms with Gasteiger partial charge >= 0.3 is 0 Å². The number of nitrogens with zero attached hydrogens (tertiary/aromatic N) is 4. The smallest absolute Gasteiger partial charge is 0.190 e. The van der Waals surface area contributed by atoms with E-state index in [9.17, 15) is 4.39 Å². The average Bonchev–Trinajstić information content (AvgIpc) is 2.73. The first kappa shape index (κ1) is 11.3. The SMILES string of the molecule is CCCn1nnc(C#N)c1-c1ccccc1F. The zero-order valence-electron chi connectivity index (χ0n) is 9.39. The van der Waals surface area contributed by atoms with E-state index in [0.29, 0.717) is 17.8 Å². The van der Waals surface area contributed by atoms with Gasteiger partial charge in [0.15, 0.2) is 5.69 Å². The molecule has 0 radical (unpaired) electrons. The second-order valence-electron chi connectivity index (χ2n) is 3.60. The van der Waals surface area contributed by atoms with Crippen LogP contribution < -0.4 is 0 Å². The fourth-order valence-corrected chi connectivity index (χ4v) is 1.68. The van der Waals surface area contributed by atoms with Gasteiger partial charge in [0.2, 0.25) is 0 Å². The Bertz CT molecular complexity index is 568. The van der Waals surface area contributed by atoms with Gasteiger partial charge in [0.1, 0.15) is 17.6 Å². The molecule has 17 heavy (non-hydrogen) atoms. The lowest BCUT2D eigenvalue weighted by Gasteiger charge is -2.05. The van der Waals surface area contributed by atoms with Crippen molar-refractivity contribution in [1.82, 2.24) is 15.0 Å². The van der Waals surface area contributed by atoms with Gasteiger partial charge < -0.3 is 0 Å². The van der Waals surface area contributed by atoms with Crippen molar-refractivity contribution in [2.45, 2.75) is 19.9 Å². The number of rotatable bonds is 3. The van der Waals surface area contributed by atoms with Gasteiger partial charge in [0.05, 0.1) is 0 Å². The maximum atomic E-state index is 13.7. The molecule has 0 N–H and O–H groups in total. The minimum absolute atomic E-state index is 0.156. The highest BCUT2D eigenvalue weighted by atomic mass is 19.1. The molecule has 2 rings (SSSR count). The molecule has 0 amide bonds. The Labute approximate surface area is 98.3 Å². The van der Waals surface area contributed by atoms with Gasteiger partial charge in [-0.3, -0.25) is 0 Å². The molecule has 0 atom stereocenters. The molecule has 1 aromatic carbocycles. The maximum Gasteiger partial charge on any atom is 0.190 e. The van der Waals surface area contributed by atoms with E-state index in [1.54, 1.807) is 22.9 Å². The summed E-state index contributed by atoms with van der Waals surface area (Å²) in [7, 11) is 0. The first-order valence-corrected chi connectivity index (χ1v) is 5.36. The summed E-state index contributed by atoms with van der Waals surface area (Å²) in [5, 5.41) is 16.6. The van der Waals surface area contributed by atoms with E-state index in [1.165, 1.54) is 6.07 Å². The van der Waals surface area contributed by atoms with Gasteiger partial charge in [-0.1, -0.05) is 24.3 Å². The lowest BCUT2D eigenvalue weighted by atomic mass is 10.1. The van der Waals surface area contributed by atoms with Crippen molar-refractivity contribution in [1.29, 1.82) is 5.26 Å². The second-order valence-corrected chi connectivity index (χ2v) is 3.60. The lowest BCUT2D eigenvalue weighted by molar-refractivity contribution is 0.578. The molecular formula is C12H11FN4. The Hall–Kier alpha value is -2.22. The summed E-state index contributed by atoms with van der Waals surface area (Å²) >= 11 is 0. The Morgan fingerprint density at radius 2 is 2.18 bits per heavy atom. The molecular weight excluding hydrogens is 219 g/mol. The molecule has 0 bridgehead atoms. The van der Waals surface area contributed by atoms with Crippen molar-refractivity contribution in [3.05, 3.63) is 35.8 Å². The largest absolute Gasteiger partial charge is 0.243 e. The van der Waals surface area contributed by atoms with Gasteiger partial charge in [0, 0.05) is 12.1 Å². The summed E-state index contributed by atoms with van der Waals surface area (Å²) in [5.41, 5.74) is 0.971. The lowest BCUT2D eigenvalue weighted by Crippen LogP contribution is -2.03. The molecule has 0 aliphatic heterocycles. The Balaban J connectivity index is 2.61. The molecule has 0 saturated carbocycles. The molecule has 0 fully saturated rings. The minimum atomic E-state index is -0.372. The zero-order chi connectivity index (χ0) is 12.3. The van der Waals surface area contributed by atoms with E-state index in [-0.39, 0.29) is 11.5 Å². The highest BCUT2D eigenvalue weighted by molar-refractivity contribution is 5.65. The van der Waals surface area contributed by atoms with Crippen molar-refractivity contribution in [2.75, 3.05) is 0 Å². The Morgan fingerprint density at radius 1 is 1.41 bits per heavy atom.